The van der Waals surface area contributed by atoms with Gasteiger partial charge in [-0.2, -0.15) is 0 Å². The summed E-state index contributed by atoms with van der Waals surface area (Å²) in [6, 6.07) is 8.45. The van der Waals surface area contributed by atoms with E-state index in [1.54, 1.807) is 6.07 Å². The van der Waals surface area contributed by atoms with Gasteiger partial charge in [-0.3, -0.25) is 4.79 Å². The SMILES string of the molecule is COc1cc(OC)cc(C(=O)Nc2ccc(C(=O)O)c(O)c2)c1. The summed E-state index contributed by atoms with van der Waals surface area (Å²) < 4.78 is 10.2. The largest absolute Gasteiger partial charge is 0.507 e. The first kappa shape index (κ1) is 16.2. The molecule has 7 heteroatoms. The lowest BCUT2D eigenvalue weighted by molar-refractivity contribution is 0.0693. The first-order chi connectivity index (χ1) is 10.9. The molecule has 0 bridgehead atoms. The quantitative estimate of drug-likeness (QED) is 0.782. The summed E-state index contributed by atoms with van der Waals surface area (Å²) in [5.41, 5.74) is 0.313. The van der Waals surface area contributed by atoms with E-state index in [2.05, 4.69) is 5.32 Å². The van der Waals surface area contributed by atoms with E-state index in [-0.39, 0.29) is 11.3 Å². The summed E-state index contributed by atoms with van der Waals surface area (Å²) in [5.74, 6) is -1.22. The van der Waals surface area contributed by atoms with Gasteiger partial charge in [-0.1, -0.05) is 0 Å². The van der Waals surface area contributed by atoms with Crippen molar-refractivity contribution in [1.82, 2.24) is 0 Å². The van der Waals surface area contributed by atoms with E-state index in [0.717, 1.165) is 0 Å². The number of benzene rings is 2. The number of carboxylic acids is 1. The second-order valence-electron chi connectivity index (χ2n) is 4.59. The van der Waals surface area contributed by atoms with Crippen molar-refractivity contribution in [2.45, 2.75) is 0 Å². The third-order valence-corrected chi connectivity index (χ3v) is 3.10. The molecule has 0 heterocycles. The number of anilines is 1. The van der Waals surface area contributed by atoms with Crippen molar-refractivity contribution in [3.05, 3.63) is 47.5 Å². The molecule has 0 fully saturated rings. The number of phenols is 1. The first-order valence-corrected chi connectivity index (χ1v) is 6.55. The smallest absolute Gasteiger partial charge is 0.339 e. The Labute approximate surface area is 132 Å². The van der Waals surface area contributed by atoms with Crippen LogP contribution in [0.2, 0.25) is 0 Å². The summed E-state index contributed by atoms with van der Waals surface area (Å²) in [6.45, 7) is 0. The maximum Gasteiger partial charge on any atom is 0.339 e. The van der Waals surface area contributed by atoms with E-state index < -0.39 is 17.6 Å². The Morgan fingerprint density at radius 2 is 1.61 bits per heavy atom. The van der Waals surface area contributed by atoms with Gasteiger partial charge in [-0.15, -0.1) is 0 Å². The molecule has 2 aromatic rings. The molecule has 2 rings (SSSR count). The number of carboxylic acid groups (broad SMARTS) is 1. The summed E-state index contributed by atoms with van der Waals surface area (Å²) in [4.78, 5) is 23.1. The van der Waals surface area contributed by atoms with Gasteiger partial charge in [0.1, 0.15) is 22.8 Å². The summed E-state index contributed by atoms with van der Waals surface area (Å²) >= 11 is 0. The van der Waals surface area contributed by atoms with Gasteiger partial charge in [0.2, 0.25) is 0 Å². The van der Waals surface area contributed by atoms with Crippen LogP contribution in [0.15, 0.2) is 36.4 Å². The molecule has 0 aliphatic heterocycles. The second kappa shape index (κ2) is 6.69. The van der Waals surface area contributed by atoms with Gasteiger partial charge in [-0.05, 0) is 24.3 Å². The molecule has 0 aliphatic carbocycles. The average molecular weight is 317 g/mol. The van der Waals surface area contributed by atoms with Crippen LogP contribution in [-0.4, -0.2) is 36.3 Å². The number of ether oxygens (including phenoxy) is 2. The van der Waals surface area contributed by atoms with E-state index in [9.17, 15) is 14.7 Å². The molecule has 23 heavy (non-hydrogen) atoms. The van der Waals surface area contributed by atoms with Crippen LogP contribution in [0, 0.1) is 0 Å². The average Bonchev–Trinajstić information content (AvgIpc) is 2.53. The van der Waals surface area contributed by atoms with Crippen molar-refractivity contribution in [2.24, 2.45) is 0 Å². The predicted octanol–water partition coefficient (Wildman–Crippen LogP) is 2.36. The molecule has 2 aromatic carbocycles. The Bertz CT molecular complexity index is 734. The van der Waals surface area contributed by atoms with Crippen molar-refractivity contribution >= 4 is 17.6 Å². The molecule has 3 N–H and O–H groups in total. The molecule has 0 aromatic heterocycles. The molecular weight excluding hydrogens is 302 g/mol. The number of hydrogen-bond acceptors (Lipinski definition) is 5. The molecule has 0 radical (unpaired) electrons. The summed E-state index contributed by atoms with van der Waals surface area (Å²) in [6.07, 6.45) is 0. The number of methoxy groups -OCH3 is 2. The van der Waals surface area contributed by atoms with Crippen LogP contribution >= 0.6 is 0 Å². The Kier molecular flexibility index (Phi) is 4.70. The number of amides is 1. The maximum absolute atomic E-state index is 12.3. The Morgan fingerprint density at radius 3 is 2.09 bits per heavy atom. The minimum absolute atomic E-state index is 0.244. The number of rotatable bonds is 5. The highest BCUT2D eigenvalue weighted by molar-refractivity contribution is 6.05. The lowest BCUT2D eigenvalue weighted by Gasteiger charge is -2.10. The number of nitrogens with one attached hydrogen (secondary N) is 1. The van der Waals surface area contributed by atoms with Crippen LogP contribution < -0.4 is 14.8 Å². The van der Waals surface area contributed by atoms with Gasteiger partial charge in [0.25, 0.3) is 5.91 Å². The summed E-state index contributed by atoms with van der Waals surface area (Å²) in [5, 5.41) is 21.1. The summed E-state index contributed by atoms with van der Waals surface area (Å²) in [7, 11) is 2.94. The third-order valence-electron chi connectivity index (χ3n) is 3.10. The van der Waals surface area contributed by atoms with E-state index in [1.807, 2.05) is 0 Å². The Hall–Kier alpha value is -3.22. The van der Waals surface area contributed by atoms with Gasteiger partial charge in [0.05, 0.1) is 14.2 Å². The number of carbonyl (C=O) groups is 2. The molecule has 0 spiro atoms. The van der Waals surface area contributed by atoms with Crippen molar-refractivity contribution in [3.8, 4) is 17.2 Å². The second-order valence-corrected chi connectivity index (χ2v) is 4.59. The van der Waals surface area contributed by atoms with Crippen LogP contribution in [0.1, 0.15) is 20.7 Å². The fraction of sp³-hybridized carbons (Fsp3) is 0.125. The molecular formula is C16H15NO6. The van der Waals surface area contributed by atoms with E-state index >= 15 is 0 Å². The molecule has 0 saturated heterocycles. The van der Waals surface area contributed by atoms with Crippen LogP contribution in [-0.2, 0) is 0 Å². The number of aromatic carboxylic acids is 1. The predicted molar refractivity (Wildman–Crippen MR) is 82.6 cm³/mol. The lowest BCUT2D eigenvalue weighted by atomic mass is 10.1. The molecule has 0 atom stereocenters. The van der Waals surface area contributed by atoms with Crippen LogP contribution in [0.3, 0.4) is 0 Å². The zero-order valence-corrected chi connectivity index (χ0v) is 12.5. The van der Waals surface area contributed by atoms with Gasteiger partial charge in [-0.25, -0.2) is 4.79 Å². The highest BCUT2D eigenvalue weighted by Crippen LogP contribution is 2.25. The molecule has 7 nitrogen and oxygen atoms in total. The fourth-order valence-electron chi connectivity index (χ4n) is 1.93. The van der Waals surface area contributed by atoms with Gasteiger partial charge < -0.3 is 25.0 Å². The van der Waals surface area contributed by atoms with E-state index in [1.165, 1.54) is 44.6 Å². The molecule has 120 valence electrons. The van der Waals surface area contributed by atoms with Crippen LogP contribution in [0.5, 0.6) is 17.2 Å². The first-order valence-electron chi connectivity index (χ1n) is 6.55. The molecule has 0 saturated carbocycles. The monoisotopic (exact) mass is 317 g/mol. The highest BCUT2D eigenvalue weighted by atomic mass is 16.5. The van der Waals surface area contributed by atoms with Crippen molar-refractivity contribution in [3.63, 3.8) is 0 Å². The zero-order valence-electron chi connectivity index (χ0n) is 12.5. The van der Waals surface area contributed by atoms with Crippen molar-refractivity contribution in [1.29, 1.82) is 0 Å². The van der Waals surface area contributed by atoms with Crippen molar-refractivity contribution in [2.75, 3.05) is 19.5 Å². The van der Waals surface area contributed by atoms with Crippen LogP contribution in [0.4, 0.5) is 5.69 Å². The Morgan fingerprint density at radius 1 is 1.00 bits per heavy atom. The lowest BCUT2D eigenvalue weighted by Crippen LogP contribution is -2.12. The minimum atomic E-state index is -1.25. The topological polar surface area (TPSA) is 105 Å². The number of hydrogen-bond donors (Lipinski definition) is 3. The van der Waals surface area contributed by atoms with Gasteiger partial charge in [0, 0.05) is 23.4 Å². The zero-order chi connectivity index (χ0) is 17.0. The Balaban J connectivity index is 2.25. The maximum atomic E-state index is 12.3. The highest BCUT2D eigenvalue weighted by Gasteiger charge is 2.13. The number of aromatic hydroxyl groups is 1. The van der Waals surface area contributed by atoms with Crippen LogP contribution in [0.25, 0.3) is 0 Å². The third kappa shape index (κ3) is 3.70. The minimum Gasteiger partial charge on any atom is -0.507 e. The van der Waals surface area contributed by atoms with E-state index in [0.29, 0.717) is 17.1 Å². The molecule has 1 amide bonds. The number of carbonyl (C=O) groups excluding carboxylic acids is 1. The van der Waals surface area contributed by atoms with Gasteiger partial charge >= 0.3 is 5.97 Å². The fourth-order valence-corrected chi connectivity index (χ4v) is 1.93. The van der Waals surface area contributed by atoms with E-state index in [4.69, 9.17) is 14.6 Å². The van der Waals surface area contributed by atoms with Crippen molar-refractivity contribution < 1.29 is 29.3 Å². The molecule has 0 unspecified atom stereocenters. The standard InChI is InChI=1S/C16H15NO6/c1-22-11-5-9(6-12(8-11)23-2)15(19)17-10-3-4-13(16(20)21)14(18)7-10/h3-8,18H,1-2H3,(H,17,19)(H,20,21). The normalized spacial score (nSPS) is 10.0. The molecule has 0 aliphatic rings. The van der Waals surface area contributed by atoms with Gasteiger partial charge in [0.15, 0.2) is 0 Å².